The van der Waals surface area contributed by atoms with Gasteiger partial charge in [0.1, 0.15) is 5.75 Å². The van der Waals surface area contributed by atoms with Gasteiger partial charge in [-0.2, -0.15) is 0 Å². The molecule has 0 aliphatic carbocycles. The summed E-state index contributed by atoms with van der Waals surface area (Å²) in [6.07, 6.45) is 2.30. The van der Waals surface area contributed by atoms with Crippen LogP contribution in [0.15, 0.2) is 18.2 Å². The fourth-order valence-corrected chi connectivity index (χ4v) is 2.25. The van der Waals surface area contributed by atoms with Gasteiger partial charge in [-0.1, -0.05) is 62.7 Å². The molecule has 0 spiro atoms. The average molecular weight is 327 g/mol. The minimum atomic E-state index is 0.122. The first kappa shape index (κ1) is 16.6. The van der Waals surface area contributed by atoms with E-state index >= 15 is 0 Å². The molecule has 0 saturated carbocycles. The zero-order valence-electron chi connectivity index (χ0n) is 12.9. The molecule has 1 aromatic carbocycles. The quantitative estimate of drug-likeness (QED) is 0.640. The van der Waals surface area contributed by atoms with Crippen molar-refractivity contribution in [2.45, 2.75) is 52.9 Å². The lowest BCUT2D eigenvalue weighted by Crippen LogP contribution is -2.15. The molecule has 0 amide bonds. The minimum absolute atomic E-state index is 0.122. The van der Waals surface area contributed by atoms with Crippen LogP contribution in [0.3, 0.4) is 0 Å². The van der Waals surface area contributed by atoms with Crippen molar-refractivity contribution >= 4 is 15.9 Å². The summed E-state index contributed by atoms with van der Waals surface area (Å²) in [5.41, 5.74) is 2.85. The fraction of sp³-hybridized carbons (Fsp3) is 0.647. The zero-order chi connectivity index (χ0) is 14.5. The maximum Gasteiger partial charge on any atom is 0.123 e. The van der Waals surface area contributed by atoms with Crippen molar-refractivity contribution in [1.29, 1.82) is 0 Å². The molecule has 2 heteroatoms. The molecule has 0 aliphatic rings. The summed E-state index contributed by atoms with van der Waals surface area (Å²) in [6.45, 7) is 11.9. The lowest BCUT2D eigenvalue weighted by atomic mass is 9.85. The highest BCUT2D eigenvalue weighted by Crippen LogP contribution is 2.32. The molecule has 0 unspecified atom stereocenters. The van der Waals surface area contributed by atoms with Gasteiger partial charge in [-0.05, 0) is 41.4 Å². The van der Waals surface area contributed by atoms with Gasteiger partial charge in [0, 0.05) is 5.33 Å². The van der Waals surface area contributed by atoms with Crippen molar-refractivity contribution in [3.8, 4) is 5.75 Å². The largest absolute Gasteiger partial charge is 0.493 e. The van der Waals surface area contributed by atoms with Gasteiger partial charge in [0.2, 0.25) is 0 Å². The summed E-state index contributed by atoms with van der Waals surface area (Å²) in [4.78, 5) is 0. The Kier molecular flexibility index (Phi) is 6.38. The Morgan fingerprint density at radius 2 is 1.89 bits per heavy atom. The van der Waals surface area contributed by atoms with Crippen LogP contribution in [0.1, 0.15) is 52.2 Å². The van der Waals surface area contributed by atoms with Crippen LogP contribution in [0.4, 0.5) is 0 Å². The molecule has 0 aromatic heterocycles. The third-order valence-corrected chi connectivity index (χ3v) is 3.58. The summed E-state index contributed by atoms with van der Waals surface area (Å²) >= 11 is 3.50. The Morgan fingerprint density at radius 3 is 2.42 bits per heavy atom. The molecule has 19 heavy (non-hydrogen) atoms. The van der Waals surface area contributed by atoms with Gasteiger partial charge in [-0.3, -0.25) is 0 Å². The molecule has 0 heterocycles. The number of halogens is 1. The Morgan fingerprint density at radius 1 is 1.21 bits per heavy atom. The number of ether oxygens (including phenoxy) is 1. The summed E-state index contributed by atoms with van der Waals surface area (Å²) in [6, 6.07) is 6.67. The Bertz CT molecular complexity index is 391. The molecule has 0 N–H and O–H groups in total. The van der Waals surface area contributed by atoms with E-state index in [0.29, 0.717) is 5.92 Å². The Balaban J connectivity index is 2.96. The van der Waals surface area contributed by atoms with Crippen molar-refractivity contribution in [3.05, 3.63) is 29.3 Å². The fourth-order valence-electron chi connectivity index (χ4n) is 1.97. The molecule has 1 aromatic rings. The molecule has 1 rings (SSSR count). The summed E-state index contributed by atoms with van der Waals surface area (Å²) < 4.78 is 5.98. The van der Waals surface area contributed by atoms with Crippen molar-refractivity contribution < 1.29 is 4.74 Å². The van der Waals surface area contributed by atoms with E-state index in [-0.39, 0.29) is 5.41 Å². The van der Waals surface area contributed by atoms with Crippen LogP contribution in [0.25, 0.3) is 0 Å². The Labute approximate surface area is 126 Å². The zero-order valence-corrected chi connectivity index (χ0v) is 14.5. The summed E-state index contributed by atoms with van der Waals surface area (Å²) in [5.74, 6) is 1.60. The second-order valence-electron chi connectivity index (χ2n) is 6.58. The van der Waals surface area contributed by atoms with Crippen molar-refractivity contribution in [2.75, 3.05) is 11.9 Å². The molecular formula is C17H27BrO. The van der Waals surface area contributed by atoms with Crippen LogP contribution >= 0.6 is 15.9 Å². The van der Waals surface area contributed by atoms with E-state index in [9.17, 15) is 0 Å². The van der Waals surface area contributed by atoms with Crippen molar-refractivity contribution in [3.63, 3.8) is 0 Å². The van der Waals surface area contributed by atoms with Crippen LogP contribution in [0.2, 0.25) is 0 Å². The van der Waals surface area contributed by atoms with Gasteiger partial charge in [0.05, 0.1) is 6.61 Å². The highest BCUT2D eigenvalue weighted by atomic mass is 79.9. The number of alkyl halides is 1. The lowest BCUT2D eigenvalue weighted by Gasteiger charge is -2.24. The SMILES string of the molecule is CC(C)COc1ccc(CCCBr)cc1C(C)(C)C. The molecule has 0 aliphatic heterocycles. The minimum Gasteiger partial charge on any atom is -0.493 e. The topological polar surface area (TPSA) is 9.23 Å². The first-order chi connectivity index (χ1) is 8.84. The monoisotopic (exact) mass is 326 g/mol. The van der Waals surface area contributed by atoms with Gasteiger partial charge < -0.3 is 4.74 Å². The second kappa shape index (κ2) is 7.33. The maximum absolute atomic E-state index is 5.98. The molecule has 108 valence electrons. The summed E-state index contributed by atoms with van der Waals surface area (Å²) in [7, 11) is 0. The highest BCUT2D eigenvalue weighted by Gasteiger charge is 2.19. The van der Waals surface area contributed by atoms with E-state index in [1.807, 2.05) is 0 Å². The number of hydrogen-bond donors (Lipinski definition) is 0. The molecule has 0 bridgehead atoms. The van der Waals surface area contributed by atoms with E-state index < -0.39 is 0 Å². The standard InChI is InChI=1S/C17H27BrO/c1-13(2)12-19-16-9-8-14(7-6-10-18)11-15(16)17(3,4)5/h8-9,11,13H,6-7,10,12H2,1-5H3. The van der Waals surface area contributed by atoms with E-state index in [4.69, 9.17) is 4.74 Å². The third-order valence-electron chi connectivity index (χ3n) is 3.02. The van der Waals surface area contributed by atoms with Crippen LogP contribution in [-0.4, -0.2) is 11.9 Å². The van der Waals surface area contributed by atoms with E-state index in [0.717, 1.165) is 24.1 Å². The van der Waals surface area contributed by atoms with Gasteiger partial charge in [-0.15, -0.1) is 0 Å². The molecule has 0 radical (unpaired) electrons. The van der Waals surface area contributed by atoms with E-state index in [2.05, 4.69) is 68.7 Å². The van der Waals surface area contributed by atoms with E-state index in [1.165, 1.54) is 17.5 Å². The predicted molar refractivity (Wildman–Crippen MR) is 87.6 cm³/mol. The van der Waals surface area contributed by atoms with Gasteiger partial charge in [0.25, 0.3) is 0 Å². The molecule has 0 saturated heterocycles. The highest BCUT2D eigenvalue weighted by molar-refractivity contribution is 9.09. The van der Waals surface area contributed by atoms with Gasteiger partial charge >= 0.3 is 0 Å². The van der Waals surface area contributed by atoms with Gasteiger partial charge in [-0.25, -0.2) is 0 Å². The number of rotatable bonds is 6. The number of aryl methyl sites for hydroxylation is 1. The van der Waals surface area contributed by atoms with E-state index in [1.54, 1.807) is 0 Å². The predicted octanol–water partition coefficient (Wildman–Crippen LogP) is 5.35. The molecule has 0 atom stereocenters. The van der Waals surface area contributed by atoms with Crippen molar-refractivity contribution in [2.24, 2.45) is 5.92 Å². The first-order valence-electron chi connectivity index (χ1n) is 7.16. The number of hydrogen-bond acceptors (Lipinski definition) is 1. The lowest BCUT2D eigenvalue weighted by molar-refractivity contribution is 0.265. The number of benzene rings is 1. The maximum atomic E-state index is 5.98. The molecule has 1 nitrogen and oxygen atoms in total. The van der Waals surface area contributed by atoms with Gasteiger partial charge in [0.15, 0.2) is 0 Å². The molecular weight excluding hydrogens is 300 g/mol. The summed E-state index contributed by atoms with van der Waals surface area (Å²) in [5, 5.41) is 1.06. The average Bonchev–Trinajstić information content (AvgIpc) is 2.33. The second-order valence-corrected chi connectivity index (χ2v) is 7.37. The smallest absolute Gasteiger partial charge is 0.123 e. The Hall–Kier alpha value is -0.500. The van der Waals surface area contributed by atoms with Crippen LogP contribution in [-0.2, 0) is 11.8 Å². The van der Waals surface area contributed by atoms with Crippen LogP contribution in [0.5, 0.6) is 5.75 Å². The normalized spacial score (nSPS) is 11.9. The van der Waals surface area contributed by atoms with Crippen LogP contribution in [0, 0.1) is 5.92 Å². The van der Waals surface area contributed by atoms with Crippen LogP contribution < -0.4 is 4.74 Å². The molecule has 0 fully saturated rings. The first-order valence-corrected chi connectivity index (χ1v) is 8.29. The third kappa shape index (κ3) is 5.56. The van der Waals surface area contributed by atoms with Crippen molar-refractivity contribution in [1.82, 2.24) is 0 Å².